The zero-order valence-corrected chi connectivity index (χ0v) is 80.5. The number of aromatic nitrogens is 11. The number of hydrogen-bond acceptors (Lipinski definition) is 17. The van der Waals surface area contributed by atoms with Crippen molar-refractivity contribution in [3.63, 3.8) is 0 Å². The molecule has 142 heavy (non-hydrogen) atoms. The lowest BCUT2D eigenvalue weighted by atomic mass is 10.0. The Morgan fingerprint density at radius 2 is 0.627 bits per heavy atom. The third kappa shape index (κ3) is 23.4. The Morgan fingerprint density at radius 3 is 1.07 bits per heavy atom. The van der Waals surface area contributed by atoms with Crippen LogP contribution in [0.4, 0.5) is 26.3 Å². The minimum absolute atomic E-state index is 0.0397. The van der Waals surface area contributed by atoms with Crippen molar-refractivity contribution in [3.05, 3.63) is 364 Å². The quantitative estimate of drug-likeness (QED) is 0.0754. The van der Waals surface area contributed by atoms with Crippen molar-refractivity contribution >= 4 is 63.0 Å². The molecule has 15 heterocycles. The van der Waals surface area contributed by atoms with Crippen molar-refractivity contribution in [2.24, 2.45) is 0 Å². The van der Waals surface area contributed by atoms with Gasteiger partial charge in [0.15, 0.2) is 10.8 Å². The Bertz CT molecular complexity index is 7310. The van der Waals surface area contributed by atoms with Crippen LogP contribution < -0.4 is 0 Å². The van der Waals surface area contributed by atoms with Crippen LogP contribution in [0.25, 0.3) is 118 Å². The van der Waals surface area contributed by atoms with Gasteiger partial charge in [-0.1, -0.05) is 205 Å². The molecule has 10 aromatic heterocycles. The van der Waals surface area contributed by atoms with E-state index in [0.29, 0.717) is 67.1 Å². The molecule has 728 valence electrons. The van der Waals surface area contributed by atoms with E-state index < -0.39 is 23.5 Å². The molecule has 0 unspecified atom stereocenters. The topological polar surface area (TPSA) is 182 Å². The number of benzene rings is 8. The molecule has 18 aromatic rings. The molecule has 0 radical (unpaired) electrons. The number of morpholine rings is 5. The number of aliphatic hydroxyl groups excluding tert-OH is 1. The van der Waals surface area contributed by atoms with Crippen LogP contribution in [0.3, 0.4) is 0 Å². The normalized spacial score (nSPS) is 15.5. The van der Waals surface area contributed by atoms with Crippen LogP contribution in [0.15, 0.2) is 298 Å². The van der Waals surface area contributed by atoms with E-state index in [2.05, 4.69) is 164 Å². The van der Waals surface area contributed by atoms with Gasteiger partial charge in [0, 0.05) is 155 Å². The average molecular weight is 1980 g/mol. The van der Waals surface area contributed by atoms with Gasteiger partial charge in [-0.15, -0.1) is 0 Å². The highest BCUT2D eigenvalue weighted by Crippen LogP contribution is 2.41. The van der Waals surface area contributed by atoms with Crippen molar-refractivity contribution in [2.45, 2.75) is 58.6 Å². The molecule has 0 amide bonds. The largest absolute Gasteiger partial charge is 0.417 e. The third-order valence-electron chi connectivity index (χ3n) is 26.0. The first-order valence-electron chi connectivity index (χ1n) is 47.5. The highest BCUT2D eigenvalue weighted by atomic mass is 35.5. The van der Waals surface area contributed by atoms with Crippen molar-refractivity contribution in [3.8, 4) is 89.5 Å². The highest BCUT2D eigenvalue weighted by Gasteiger charge is 2.35. The number of pyridine rings is 4. The molecule has 0 saturated carbocycles. The Balaban J connectivity index is 0.000000113. The molecular weight excluding hydrogens is 1870 g/mol. The highest BCUT2D eigenvalue weighted by molar-refractivity contribution is 6.31. The lowest BCUT2D eigenvalue weighted by molar-refractivity contribution is -0.138. The van der Waals surface area contributed by atoms with E-state index in [1.807, 2.05) is 126 Å². The molecule has 0 bridgehead atoms. The van der Waals surface area contributed by atoms with Crippen molar-refractivity contribution in [1.29, 1.82) is 0 Å². The van der Waals surface area contributed by atoms with E-state index in [1.54, 1.807) is 28.8 Å². The first-order chi connectivity index (χ1) is 69.2. The molecule has 5 fully saturated rings. The maximum atomic E-state index is 13.4. The molecule has 31 heteroatoms. The van der Waals surface area contributed by atoms with Gasteiger partial charge in [-0.05, 0) is 160 Å². The Morgan fingerprint density at radius 1 is 0.296 bits per heavy atom. The number of aryl methyl sites for hydroxylation is 1. The monoisotopic (exact) mass is 1980 g/mol. The standard InChI is InChI=1S/C25H24ClN3O.C25H22F3N3O.C23H21ClN4O.C19H17ClF3N3O.C19H21N3O2/c1-18-4-2-3-5-22(18)20-8-11-24-27-25(19-6-9-21(26)10-7-19)23(29(24)16-20)17-28-12-14-30-15-13-28;26-25(27,28)21-9-6-19(7-10-21)24-22(17-30-12-14-32-15-13-30)31-16-20(8-11-23(31)29-24)18-4-2-1-3-5-18;24-19-8-6-18(7-9-19)23-21(16-27-12-14-29-15-13-27)28-22(25-23)11-10-20(26-28)17-4-2-1-3-5-17;20-18-16(12-25-7-9-27-10-8-25)26-11-13(5-6-17(26)24-18)14-3-1-2-4-15(14)19(21,22)23;23-14-17-18(13-21-8-10-24-11-9-21)22-12-16(6-7-19(22)20-17)15-4-2-1-3-5-15/h2-11,16H,12-15,17H2,1H3;1-11,16H,12-15,17H2;1-11H,12-16H2;1-6,11H,7-10,12H2;1-7,12,23H,8-11,13-14H2. The maximum absolute atomic E-state index is 13.4. The molecule has 5 saturated heterocycles. The number of halogens is 9. The lowest BCUT2D eigenvalue weighted by Gasteiger charge is -2.26. The zero-order chi connectivity index (χ0) is 97.6. The number of imidazole rings is 5. The number of rotatable bonds is 19. The Labute approximate surface area is 833 Å². The van der Waals surface area contributed by atoms with Crippen LogP contribution in [-0.2, 0) is 75.4 Å². The van der Waals surface area contributed by atoms with Crippen LogP contribution >= 0.6 is 34.8 Å². The van der Waals surface area contributed by atoms with Gasteiger partial charge in [0.25, 0.3) is 0 Å². The van der Waals surface area contributed by atoms with Gasteiger partial charge in [-0.3, -0.25) is 24.5 Å². The summed E-state index contributed by atoms with van der Waals surface area (Å²) in [7, 11) is 0. The predicted octanol–water partition coefficient (Wildman–Crippen LogP) is 22.4. The summed E-state index contributed by atoms with van der Waals surface area (Å²) in [4.78, 5) is 35.3. The molecular formula is C111H105Cl3F6N16O6. The summed E-state index contributed by atoms with van der Waals surface area (Å²) in [6.45, 7) is 21.6. The maximum Gasteiger partial charge on any atom is 0.417 e. The summed E-state index contributed by atoms with van der Waals surface area (Å²) >= 11 is 18.5. The fourth-order valence-electron chi connectivity index (χ4n) is 18.4. The van der Waals surface area contributed by atoms with Gasteiger partial charge in [-0.2, -0.15) is 31.4 Å². The van der Waals surface area contributed by atoms with Crippen molar-refractivity contribution < 1.29 is 55.1 Å². The van der Waals surface area contributed by atoms with E-state index >= 15 is 0 Å². The summed E-state index contributed by atoms with van der Waals surface area (Å²) in [5.41, 5.74) is 24.8. The van der Waals surface area contributed by atoms with Gasteiger partial charge in [-0.25, -0.2) is 29.4 Å². The van der Waals surface area contributed by atoms with E-state index in [9.17, 15) is 31.4 Å². The first kappa shape index (κ1) is 98.0. The van der Waals surface area contributed by atoms with Crippen LogP contribution in [0, 0.1) is 6.92 Å². The fraction of sp³-hybridized carbons (Fsp3) is 0.261. The molecule has 0 atom stereocenters. The number of fused-ring (bicyclic) bond motifs is 5. The molecule has 8 aromatic carbocycles. The summed E-state index contributed by atoms with van der Waals surface area (Å²) < 4.78 is 117. The SMILES string of the molecule is Cc1ccccc1-c1ccc2nc(-c3ccc(Cl)cc3)c(CN3CCOCC3)n2c1.Clc1ccc(-c2nc3ccc(-c4ccccc4)nn3c2CN2CCOCC2)cc1.FC(F)(F)c1ccc(-c2nc3ccc(-c4ccccc4)cn3c2CN2CCOCC2)cc1.FC(F)(F)c1ccccc1-c1ccc2nc(Cl)c(CN3CCOCC3)n2c1.OCc1nc2ccc(-c3ccccc3)cn2c1CN1CCOCC1. The van der Waals surface area contributed by atoms with Crippen LogP contribution in [0.1, 0.15) is 50.9 Å². The lowest BCUT2D eigenvalue weighted by Crippen LogP contribution is -2.36. The zero-order valence-electron chi connectivity index (χ0n) is 78.2. The van der Waals surface area contributed by atoms with E-state index in [1.165, 1.54) is 52.2 Å². The molecule has 0 aliphatic carbocycles. The molecule has 0 spiro atoms. The molecule has 22 nitrogen and oxygen atoms in total. The Kier molecular flexibility index (Phi) is 31.2. The molecule has 5 aliphatic rings. The number of ether oxygens (including phenoxy) is 5. The van der Waals surface area contributed by atoms with Crippen molar-refractivity contribution in [2.75, 3.05) is 132 Å². The minimum Gasteiger partial charge on any atom is -0.390 e. The number of alkyl halides is 6. The molecule has 1 N–H and O–H groups in total. The Hall–Kier alpha value is -12.9. The van der Waals surface area contributed by atoms with Gasteiger partial charge in [0.1, 0.15) is 22.6 Å². The average Bonchev–Trinajstić information content (AvgIpc) is 1.63. The van der Waals surface area contributed by atoms with E-state index in [-0.39, 0.29) is 12.2 Å². The second-order valence-corrected chi connectivity index (χ2v) is 36.5. The van der Waals surface area contributed by atoms with Crippen LogP contribution in [0.5, 0.6) is 0 Å². The van der Waals surface area contributed by atoms with Crippen LogP contribution in [-0.4, -0.2) is 213 Å². The number of aliphatic hydroxyl groups is 1. The van der Waals surface area contributed by atoms with Crippen molar-refractivity contribution in [1.82, 2.24) is 76.6 Å². The number of hydrogen-bond donors (Lipinski definition) is 1. The fourth-order valence-corrected chi connectivity index (χ4v) is 18.9. The van der Waals surface area contributed by atoms with Gasteiger partial charge in [0.2, 0.25) is 0 Å². The molecule has 5 aliphatic heterocycles. The second kappa shape index (κ2) is 45.2. The van der Waals surface area contributed by atoms with E-state index in [0.717, 1.165) is 254 Å². The smallest absolute Gasteiger partial charge is 0.390 e. The summed E-state index contributed by atoms with van der Waals surface area (Å²) in [5, 5.41) is 16.5. The van der Waals surface area contributed by atoms with Gasteiger partial charge in [0.05, 0.1) is 141 Å². The van der Waals surface area contributed by atoms with Gasteiger partial charge >= 0.3 is 12.4 Å². The van der Waals surface area contributed by atoms with Crippen LogP contribution in [0.2, 0.25) is 15.2 Å². The van der Waals surface area contributed by atoms with Gasteiger partial charge < -0.3 is 46.4 Å². The summed E-state index contributed by atoms with van der Waals surface area (Å²) in [6.07, 6.45) is -0.713. The minimum atomic E-state index is -4.42. The van der Waals surface area contributed by atoms with E-state index in [4.69, 9.17) is 78.5 Å². The molecule has 23 rings (SSSR count). The summed E-state index contributed by atoms with van der Waals surface area (Å²) in [5.74, 6) is 0. The summed E-state index contributed by atoms with van der Waals surface area (Å²) in [6, 6.07) is 85.5. The second-order valence-electron chi connectivity index (χ2n) is 35.3. The number of nitrogens with zero attached hydrogens (tertiary/aromatic N) is 16. The third-order valence-corrected chi connectivity index (χ3v) is 26.8. The first-order valence-corrected chi connectivity index (χ1v) is 48.6. The predicted molar refractivity (Wildman–Crippen MR) is 543 cm³/mol.